The average molecular weight is 361 g/mol. The molecule has 2 aromatic rings. The maximum absolute atomic E-state index is 12.7. The highest BCUT2D eigenvalue weighted by Gasteiger charge is 2.25. The van der Waals surface area contributed by atoms with Crippen molar-refractivity contribution in [1.29, 1.82) is 0 Å². The standard InChI is InChI=1S/C19H23NO4S/c1-4-15(5-2)25(22,23)16-11-12-18(24-3)17(13-16)20-19(21)14-9-7-6-8-10-14/h6-13,15H,4-5H2,1-3H3,(H,20,21). The number of amides is 1. The molecular formula is C19H23NO4S. The van der Waals surface area contributed by atoms with Crippen LogP contribution in [0.2, 0.25) is 0 Å². The summed E-state index contributed by atoms with van der Waals surface area (Å²) in [6, 6.07) is 13.3. The third-order valence-corrected chi connectivity index (χ3v) is 6.59. The Balaban J connectivity index is 2.39. The smallest absolute Gasteiger partial charge is 0.255 e. The first kappa shape index (κ1) is 19.0. The van der Waals surface area contributed by atoms with Crippen molar-refractivity contribution in [1.82, 2.24) is 0 Å². The lowest BCUT2D eigenvalue weighted by Crippen LogP contribution is -2.20. The van der Waals surface area contributed by atoms with E-state index in [4.69, 9.17) is 4.74 Å². The second-order valence-corrected chi connectivity index (χ2v) is 7.89. The zero-order valence-electron chi connectivity index (χ0n) is 14.7. The Kier molecular flexibility index (Phi) is 6.20. The van der Waals surface area contributed by atoms with E-state index in [2.05, 4.69) is 5.32 Å². The molecule has 134 valence electrons. The fourth-order valence-electron chi connectivity index (χ4n) is 2.67. The number of carbonyl (C=O) groups excluding carboxylic acids is 1. The second kappa shape index (κ2) is 8.16. The van der Waals surface area contributed by atoms with Gasteiger partial charge >= 0.3 is 0 Å². The van der Waals surface area contributed by atoms with Gasteiger partial charge in [-0.1, -0.05) is 32.0 Å². The van der Waals surface area contributed by atoms with Gasteiger partial charge in [-0.15, -0.1) is 0 Å². The Morgan fingerprint density at radius 1 is 1.08 bits per heavy atom. The van der Waals surface area contributed by atoms with Gasteiger partial charge in [-0.25, -0.2) is 8.42 Å². The van der Waals surface area contributed by atoms with E-state index in [-0.39, 0.29) is 10.8 Å². The molecule has 0 heterocycles. The van der Waals surface area contributed by atoms with E-state index >= 15 is 0 Å². The van der Waals surface area contributed by atoms with Crippen LogP contribution in [0.4, 0.5) is 5.69 Å². The zero-order valence-corrected chi connectivity index (χ0v) is 15.5. The number of hydrogen-bond donors (Lipinski definition) is 1. The van der Waals surface area contributed by atoms with Gasteiger partial charge in [0.05, 0.1) is 22.9 Å². The Morgan fingerprint density at radius 2 is 1.72 bits per heavy atom. The maximum Gasteiger partial charge on any atom is 0.255 e. The molecule has 0 bridgehead atoms. The summed E-state index contributed by atoms with van der Waals surface area (Å²) in [5.41, 5.74) is 0.821. The van der Waals surface area contributed by atoms with Crippen molar-refractivity contribution < 1.29 is 17.9 Å². The number of anilines is 1. The fourth-order valence-corrected chi connectivity index (χ4v) is 4.47. The summed E-state index contributed by atoms with van der Waals surface area (Å²) in [7, 11) is -1.98. The highest BCUT2D eigenvalue weighted by molar-refractivity contribution is 7.92. The molecule has 2 rings (SSSR count). The van der Waals surface area contributed by atoms with Crippen LogP contribution in [-0.2, 0) is 9.84 Å². The molecule has 0 unspecified atom stereocenters. The summed E-state index contributed by atoms with van der Waals surface area (Å²) in [6.45, 7) is 3.71. The van der Waals surface area contributed by atoms with Gasteiger partial charge in [0.2, 0.25) is 0 Å². The van der Waals surface area contributed by atoms with E-state index in [1.54, 1.807) is 30.3 Å². The van der Waals surface area contributed by atoms with Crippen LogP contribution in [0, 0.1) is 0 Å². The normalized spacial score (nSPS) is 11.4. The Hall–Kier alpha value is -2.34. The Labute approximate surface area is 148 Å². The summed E-state index contributed by atoms with van der Waals surface area (Å²) in [4.78, 5) is 12.6. The van der Waals surface area contributed by atoms with Gasteiger partial charge in [-0.05, 0) is 43.2 Å². The van der Waals surface area contributed by atoms with Crippen molar-refractivity contribution in [3.8, 4) is 5.75 Å². The van der Waals surface area contributed by atoms with Crippen LogP contribution in [0.25, 0.3) is 0 Å². The fraction of sp³-hybridized carbons (Fsp3) is 0.316. The average Bonchev–Trinajstić information content (AvgIpc) is 2.63. The Bertz CT molecular complexity index is 828. The number of benzene rings is 2. The van der Waals surface area contributed by atoms with Gasteiger partial charge < -0.3 is 10.1 Å². The molecule has 5 nitrogen and oxygen atoms in total. The van der Waals surface area contributed by atoms with Crippen molar-refractivity contribution in [2.75, 3.05) is 12.4 Å². The molecule has 0 saturated heterocycles. The minimum atomic E-state index is -3.46. The summed E-state index contributed by atoms with van der Waals surface area (Å²) < 4.78 is 30.8. The highest BCUT2D eigenvalue weighted by Crippen LogP contribution is 2.30. The van der Waals surface area contributed by atoms with Crippen LogP contribution in [-0.4, -0.2) is 26.7 Å². The third-order valence-electron chi connectivity index (χ3n) is 4.13. The lowest BCUT2D eigenvalue weighted by atomic mass is 10.2. The van der Waals surface area contributed by atoms with E-state index < -0.39 is 15.1 Å². The first-order valence-corrected chi connectivity index (χ1v) is 9.77. The Morgan fingerprint density at radius 3 is 2.28 bits per heavy atom. The molecule has 6 heteroatoms. The molecule has 0 aromatic heterocycles. The van der Waals surface area contributed by atoms with Crippen LogP contribution in [0.15, 0.2) is 53.4 Å². The van der Waals surface area contributed by atoms with Gasteiger partial charge in [0.1, 0.15) is 5.75 Å². The zero-order chi connectivity index (χ0) is 18.4. The maximum atomic E-state index is 12.7. The molecule has 0 aliphatic heterocycles. The molecule has 0 atom stereocenters. The molecule has 25 heavy (non-hydrogen) atoms. The quantitative estimate of drug-likeness (QED) is 0.811. The summed E-state index contributed by atoms with van der Waals surface area (Å²) in [5, 5.41) is 2.29. The van der Waals surface area contributed by atoms with E-state index in [1.807, 2.05) is 19.9 Å². The van der Waals surface area contributed by atoms with E-state index in [0.717, 1.165) is 0 Å². The van der Waals surface area contributed by atoms with Crippen molar-refractivity contribution in [2.24, 2.45) is 0 Å². The van der Waals surface area contributed by atoms with E-state index in [9.17, 15) is 13.2 Å². The first-order valence-electron chi connectivity index (χ1n) is 8.22. The van der Waals surface area contributed by atoms with Crippen molar-refractivity contribution >= 4 is 21.4 Å². The number of nitrogens with one attached hydrogen (secondary N) is 1. The molecule has 0 fully saturated rings. The number of methoxy groups -OCH3 is 1. The van der Waals surface area contributed by atoms with Crippen LogP contribution in [0.1, 0.15) is 37.0 Å². The largest absolute Gasteiger partial charge is 0.495 e. The molecule has 0 saturated carbocycles. The SMILES string of the molecule is CCC(CC)S(=O)(=O)c1ccc(OC)c(NC(=O)c2ccccc2)c1. The summed E-state index contributed by atoms with van der Waals surface area (Å²) in [6.07, 6.45) is 1.08. The minimum absolute atomic E-state index is 0.186. The lowest BCUT2D eigenvalue weighted by molar-refractivity contribution is 0.102. The highest BCUT2D eigenvalue weighted by atomic mass is 32.2. The number of ether oxygens (including phenoxy) is 1. The molecular weight excluding hydrogens is 338 g/mol. The molecule has 1 N–H and O–H groups in total. The number of hydrogen-bond acceptors (Lipinski definition) is 4. The second-order valence-electron chi connectivity index (χ2n) is 5.67. The predicted octanol–water partition coefficient (Wildman–Crippen LogP) is 3.91. The van der Waals surface area contributed by atoms with E-state index in [1.165, 1.54) is 19.2 Å². The van der Waals surface area contributed by atoms with Gasteiger partial charge in [0.25, 0.3) is 5.91 Å². The molecule has 0 aliphatic carbocycles. The predicted molar refractivity (Wildman–Crippen MR) is 98.9 cm³/mol. The lowest BCUT2D eigenvalue weighted by Gasteiger charge is -2.16. The first-order chi connectivity index (χ1) is 11.9. The molecule has 0 aliphatic rings. The van der Waals surface area contributed by atoms with Gasteiger partial charge in [0.15, 0.2) is 9.84 Å². The van der Waals surface area contributed by atoms with Crippen molar-refractivity contribution in [3.05, 3.63) is 54.1 Å². The molecule has 0 spiro atoms. The minimum Gasteiger partial charge on any atom is -0.495 e. The van der Waals surface area contributed by atoms with Crippen LogP contribution in [0.3, 0.4) is 0 Å². The molecule has 0 radical (unpaired) electrons. The van der Waals surface area contributed by atoms with Gasteiger partial charge in [-0.3, -0.25) is 4.79 Å². The van der Waals surface area contributed by atoms with Crippen LogP contribution < -0.4 is 10.1 Å². The number of sulfone groups is 1. The number of carbonyl (C=O) groups is 1. The third kappa shape index (κ3) is 4.20. The van der Waals surface area contributed by atoms with Gasteiger partial charge in [0, 0.05) is 5.56 Å². The topological polar surface area (TPSA) is 72.5 Å². The summed E-state index contributed by atoms with van der Waals surface area (Å²) in [5.74, 6) is 0.0868. The van der Waals surface area contributed by atoms with E-state index in [0.29, 0.717) is 29.8 Å². The molecule has 2 aromatic carbocycles. The van der Waals surface area contributed by atoms with Crippen molar-refractivity contribution in [2.45, 2.75) is 36.8 Å². The molecule has 1 amide bonds. The monoisotopic (exact) mass is 361 g/mol. The summed E-state index contributed by atoms with van der Waals surface area (Å²) >= 11 is 0. The number of rotatable bonds is 7. The van der Waals surface area contributed by atoms with Crippen molar-refractivity contribution in [3.63, 3.8) is 0 Å². The van der Waals surface area contributed by atoms with Crippen LogP contribution >= 0.6 is 0 Å². The van der Waals surface area contributed by atoms with Gasteiger partial charge in [-0.2, -0.15) is 0 Å². The van der Waals surface area contributed by atoms with Crippen LogP contribution in [0.5, 0.6) is 5.75 Å².